The molecule has 1 heterocycles. The highest BCUT2D eigenvalue weighted by Crippen LogP contribution is 2.28. The third-order valence-electron chi connectivity index (χ3n) is 4.04. The Morgan fingerprint density at radius 1 is 1.38 bits per heavy atom. The second-order valence-electron chi connectivity index (χ2n) is 5.83. The number of likely N-dealkylation sites (tertiary alicyclic amines) is 1. The van der Waals surface area contributed by atoms with Crippen LogP contribution in [0.4, 0.5) is 0 Å². The maximum absolute atomic E-state index is 12.3. The van der Waals surface area contributed by atoms with Crippen molar-refractivity contribution >= 4 is 17.5 Å². The molecule has 1 aliphatic heterocycles. The van der Waals surface area contributed by atoms with Gasteiger partial charge in [-0.2, -0.15) is 0 Å². The van der Waals surface area contributed by atoms with Gasteiger partial charge in [-0.3, -0.25) is 9.69 Å². The molecule has 0 radical (unpaired) electrons. The molecule has 2 unspecified atom stereocenters. The molecule has 21 heavy (non-hydrogen) atoms. The van der Waals surface area contributed by atoms with Gasteiger partial charge in [0.05, 0.1) is 12.6 Å². The van der Waals surface area contributed by atoms with E-state index in [4.69, 9.17) is 17.3 Å². The van der Waals surface area contributed by atoms with Crippen molar-refractivity contribution in [1.29, 1.82) is 0 Å². The lowest BCUT2D eigenvalue weighted by molar-refractivity contribution is -0.131. The molecule has 0 aromatic heterocycles. The number of amides is 1. The van der Waals surface area contributed by atoms with Crippen molar-refractivity contribution in [3.8, 4) is 0 Å². The SMILES string of the molecule is CC(N)C(c1ccccc1Cl)N(C)CC(=O)N1CCCC1. The van der Waals surface area contributed by atoms with Crippen LogP contribution >= 0.6 is 11.6 Å². The topological polar surface area (TPSA) is 49.6 Å². The van der Waals surface area contributed by atoms with E-state index >= 15 is 0 Å². The Labute approximate surface area is 131 Å². The Hall–Kier alpha value is -1.10. The van der Waals surface area contributed by atoms with Crippen molar-refractivity contribution in [3.05, 3.63) is 34.9 Å². The number of likely N-dealkylation sites (N-methyl/N-ethyl adjacent to an activating group) is 1. The zero-order valence-corrected chi connectivity index (χ0v) is 13.5. The molecule has 0 bridgehead atoms. The maximum atomic E-state index is 12.3. The van der Waals surface area contributed by atoms with Gasteiger partial charge in [0.25, 0.3) is 0 Å². The number of rotatable bonds is 5. The van der Waals surface area contributed by atoms with Crippen LogP contribution in [0.3, 0.4) is 0 Å². The number of nitrogens with zero attached hydrogens (tertiary/aromatic N) is 2. The monoisotopic (exact) mass is 309 g/mol. The molecular weight excluding hydrogens is 286 g/mol. The van der Waals surface area contributed by atoms with Gasteiger partial charge in [0.2, 0.25) is 5.91 Å². The van der Waals surface area contributed by atoms with E-state index < -0.39 is 0 Å². The minimum atomic E-state index is -0.110. The van der Waals surface area contributed by atoms with Gasteiger partial charge >= 0.3 is 0 Å². The lowest BCUT2D eigenvalue weighted by atomic mass is 9.99. The summed E-state index contributed by atoms with van der Waals surface area (Å²) in [5.74, 6) is 0.174. The van der Waals surface area contributed by atoms with Crippen molar-refractivity contribution in [3.63, 3.8) is 0 Å². The first-order valence-electron chi connectivity index (χ1n) is 7.48. The number of nitrogens with two attached hydrogens (primary N) is 1. The summed E-state index contributed by atoms with van der Waals surface area (Å²) in [5.41, 5.74) is 7.12. The number of carbonyl (C=O) groups excluding carboxylic acids is 1. The molecule has 4 nitrogen and oxygen atoms in total. The molecule has 1 aliphatic rings. The minimum absolute atomic E-state index is 0.0646. The van der Waals surface area contributed by atoms with Gasteiger partial charge < -0.3 is 10.6 Å². The summed E-state index contributed by atoms with van der Waals surface area (Å²) in [4.78, 5) is 16.2. The maximum Gasteiger partial charge on any atom is 0.236 e. The summed E-state index contributed by atoms with van der Waals surface area (Å²) >= 11 is 6.29. The van der Waals surface area contributed by atoms with Crippen LogP contribution < -0.4 is 5.73 Å². The summed E-state index contributed by atoms with van der Waals surface area (Å²) in [5, 5.41) is 0.695. The molecule has 1 fully saturated rings. The predicted molar refractivity (Wildman–Crippen MR) is 86.3 cm³/mol. The molecule has 1 aromatic rings. The molecular formula is C16H24ClN3O. The zero-order valence-electron chi connectivity index (χ0n) is 12.8. The smallest absolute Gasteiger partial charge is 0.236 e. The van der Waals surface area contributed by atoms with Crippen molar-refractivity contribution in [1.82, 2.24) is 9.80 Å². The average molecular weight is 310 g/mol. The molecule has 0 aliphatic carbocycles. The van der Waals surface area contributed by atoms with Gasteiger partial charge in [-0.25, -0.2) is 0 Å². The predicted octanol–water partition coefficient (Wildman–Crippen LogP) is 2.28. The first kappa shape index (κ1) is 16.3. The summed E-state index contributed by atoms with van der Waals surface area (Å²) in [6.07, 6.45) is 2.22. The number of carbonyl (C=O) groups is 1. The Bertz CT molecular complexity index is 486. The van der Waals surface area contributed by atoms with Gasteiger partial charge in [-0.05, 0) is 38.4 Å². The van der Waals surface area contributed by atoms with Crippen LogP contribution in [0, 0.1) is 0 Å². The lowest BCUT2D eigenvalue weighted by Gasteiger charge is -2.32. The molecule has 116 valence electrons. The van der Waals surface area contributed by atoms with Gasteiger partial charge in [-0.1, -0.05) is 29.8 Å². The van der Waals surface area contributed by atoms with Crippen LogP contribution in [0.5, 0.6) is 0 Å². The first-order valence-corrected chi connectivity index (χ1v) is 7.86. The number of hydrogen-bond acceptors (Lipinski definition) is 3. The third kappa shape index (κ3) is 3.96. The second-order valence-corrected chi connectivity index (χ2v) is 6.24. The quantitative estimate of drug-likeness (QED) is 0.908. The van der Waals surface area contributed by atoms with E-state index in [0.717, 1.165) is 31.5 Å². The highest BCUT2D eigenvalue weighted by atomic mass is 35.5. The Morgan fingerprint density at radius 3 is 2.57 bits per heavy atom. The summed E-state index contributed by atoms with van der Waals surface area (Å²) < 4.78 is 0. The highest BCUT2D eigenvalue weighted by Gasteiger charge is 2.27. The van der Waals surface area contributed by atoms with Crippen LogP contribution in [0.1, 0.15) is 31.4 Å². The number of halogens is 1. The van der Waals surface area contributed by atoms with E-state index in [-0.39, 0.29) is 18.0 Å². The molecule has 2 N–H and O–H groups in total. The van der Waals surface area contributed by atoms with Gasteiger partial charge in [0, 0.05) is 24.2 Å². The largest absolute Gasteiger partial charge is 0.342 e. The zero-order chi connectivity index (χ0) is 15.4. The Balaban J connectivity index is 2.11. The van der Waals surface area contributed by atoms with Gasteiger partial charge in [0.15, 0.2) is 0 Å². The fourth-order valence-electron chi connectivity index (χ4n) is 3.02. The fourth-order valence-corrected chi connectivity index (χ4v) is 3.26. The summed E-state index contributed by atoms with van der Waals surface area (Å²) in [6.45, 7) is 4.07. The van der Waals surface area contributed by atoms with Crippen LogP contribution in [0.15, 0.2) is 24.3 Å². The van der Waals surface area contributed by atoms with Crippen molar-refractivity contribution < 1.29 is 4.79 Å². The van der Waals surface area contributed by atoms with E-state index in [9.17, 15) is 4.79 Å². The molecule has 1 aromatic carbocycles. The van der Waals surface area contributed by atoms with Crippen molar-refractivity contribution in [2.75, 3.05) is 26.7 Å². The van der Waals surface area contributed by atoms with E-state index in [0.29, 0.717) is 11.6 Å². The Morgan fingerprint density at radius 2 is 2.00 bits per heavy atom. The van der Waals surface area contributed by atoms with Crippen LogP contribution in [-0.2, 0) is 4.79 Å². The minimum Gasteiger partial charge on any atom is -0.342 e. The van der Waals surface area contributed by atoms with Crippen molar-refractivity contribution in [2.24, 2.45) is 5.73 Å². The normalized spacial score (nSPS) is 18.0. The van der Waals surface area contributed by atoms with Crippen LogP contribution in [0.2, 0.25) is 5.02 Å². The molecule has 1 saturated heterocycles. The molecule has 2 atom stereocenters. The number of benzene rings is 1. The van der Waals surface area contributed by atoms with Crippen LogP contribution in [0.25, 0.3) is 0 Å². The standard InChI is InChI=1S/C16H24ClN3O/c1-12(18)16(13-7-3-4-8-14(13)17)19(2)11-15(21)20-9-5-6-10-20/h3-4,7-8,12,16H,5-6,9-11,18H2,1-2H3. The highest BCUT2D eigenvalue weighted by molar-refractivity contribution is 6.31. The fraction of sp³-hybridized carbons (Fsp3) is 0.562. The first-order chi connectivity index (χ1) is 10.0. The average Bonchev–Trinajstić information content (AvgIpc) is 2.95. The van der Waals surface area contributed by atoms with Crippen LogP contribution in [-0.4, -0.2) is 48.4 Å². The molecule has 2 rings (SSSR count). The molecule has 0 saturated carbocycles. The Kier molecular flexibility index (Phi) is 5.62. The molecule has 0 spiro atoms. The summed E-state index contributed by atoms with van der Waals surface area (Å²) in [7, 11) is 1.94. The van der Waals surface area contributed by atoms with Gasteiger partial charge in [0.1, 0.15) is 0 Å². The molecule has 1 amide bonds. The lowest BCUT2D eigenvalue weighted by Crippen LogP contribution is -2.43. The van der Waals surface area contributed by atoms with E-state index in [1.54, 1.807) is 0 Å². The summed E-state index contributed by atoms with van der Waals surface area (Å²) in [6, 6.07) is 7.52. The van der Waals surface area contributed by atoms with Gasteiger partial charge in [-0.15, -0.1) is 0 Å². The van der Waals surface area contributed by atoms with E-state index in [1.165, 1.54) is 0 Å². The van der Waals surface area contributed by atoms with E-state index in [2.05, 4.69) is 0 Å². The van der Waals surface area contributed by atoms with E-state index in [1.807, 2.05) is 48.0 Å². The number of hydrogen-bond donors (Lipinski definition) is 1. The molecule has 5 heteroatoms. The van der Waals surface area contributed by atoms with Crippen molar-refractivity contribution in [2.45, 2.75) is 31.8 Å². The second kappa shape index (κ2) is 7.25. The third-order valence-corrected chi connectivity index (χ3v) is 4.38.